The van der Waals surface area contributed by atoms with Crippen LogP contribution in [-0.2, 0) is 18.3 Å². The zero-order valence-electron chi connectivity index (χ0n) is 20.2. The van der Waals surface area contributed by atoms with E-state index in [-0.39, 0.29) is 23.9 Å². The highest BCUT2D eigenvalue weighted by Crippen LogP contribution is 2.44. The maximum Gasteiger partial charge on any atom is 0.251 e. The summed E-state index contributed by atoms with van der Waals surface area (Å²) in [6, 6.07) is 11.4. The van der Waals surface area contributed by atoms with E-state index in [2.05, 4.69) is 10.6 Å². The van der Waals surface area contributed by atoms with Gasteiger partial charge in [0.1, 0.15) is 5.84 Å². The van der Waals surface area contributed by atoms with Crippen LogP contribution in [0.1, 0.15) is 70.2 Å². The van der Waals surface area contributed by atoms with Crippen molar-refractivity contribution in [3.8, 4) is 0 Å². The lowest BCUT2D eigenvalue weighted by Crippen LogP contribution is -2.47. The molecule has 2 aromatic carbocycles. The summed E-state index contributed by atoms with van der Waals surface area (Å²) in [6.07, 6.45) is 1.97. The van der Waals surface area contributed by atoms with E-state index in [0.29, 0.717) is 36.2 Å². The zero-order valence-corrected chi connectivity index (χ0v) is 20.2. The number of benzene rings is 2. The van der Waals surface area contributed by atoms with E-state index < -0.39 is 5.41 Å². The molecule has 7 heteroatoms. The highest BCUT2D eigenvalue weighted by Gasteiger charge is 2.44. The number of carbonyl (C=O) groups is 2. The lowest BCUT2D eigenvalue weighted by atomic mass is 9.67. The molecular formula is C26H35N5O2. The Balaban J connectivity index is 2.38. The highest BCUT2D eigenvalue weighted by molar-refractivity contribution is 5.99. The Hall–Kier alpha value is -3.19. The van der Waals surface area contributed by atoms with Gasteiger partial charge in [-0.1, -0.05) is 12.1 Å². The Kier molecular flexibility index (Phi) is 7.22. The van der Waals surface area contributed by atoms with Gasteiger partial charge in [0, 0.05) is 37.3 Å². The molecule has 0 unspecified atom stereocenters. The van der Waals surface area contributed by atoms with Gasteiger partial charge in [0.15, 0.2) is 0 Å². The van der Waals surface area contributed by atoms with Crippen molar-refractivity contribution in [2.24, 2.45) is 16.5 Å². The van der Waals surface area contributed by atoms with Crippen LogP contribution in [0.4, 0.5) is 0 Å². The van der Waals surface area contributed by atoms with Gasteiger partial charge in [-0.2, -0.15) is 0 Å². The van der Waals surface area contributed by atoms with E-state index in [0.717, 1.165) is 22.3 Å². The summed E-state index contributed by atoms with van der Waals surface area (Å²) in [4.78, 5) is 29.5. The Morgan fingerprint density at radius 3 is 1.76 bits per heavy atom. The van der Waals surface area contributed by atoms with Gasteiger partial charge >= 0.3 is 0 Å². The van der Waals surface area contributed by atoms with Crippen LogP contribution in [0.25, 0.3) is 0 Å². The van der Waals surface area contributed by atoms with E-state index in [4.69, 9.17) is 16.5 Å². The predicted molar refractivity (Wildman–Crippen MR) is 133 cm³/mol. The number of amides is 2. The minimum atomic E-state index is -0.762. The van der Waals surface area contributed by atoms with E-state index >= 15 is 0 Å². The fourth-order valence-corrected chi connectivity index (χ4v) is 4.89. The second-order valence-corrected chi connectivity index (χ2v) is 9.10. The SMILES string of the molecule is CNC(=O)c1ccc2c(c1)CCc1cc(C(=O)NC)ccc1C2(C[C@@H](C)N)C(N)=NC(C)C. The monoisotopic (exact) mass is 449 g/mol. The minimum absolute atomic E-state index is 0.000364. The van der Waals surface area contributed by atoms with Gasteiger partial charge in [0.05, 0.1) is 5.41 Å². The average molecular weight is 450 g/mol. The molecule has 1 atom stereocenters. The molecule has 2 aromatic rings. The number of carbonyl (C=O) groups excluding carboxylic acids is 2. The Labute approximate surface area is 196 Å². The van der Waals surface area contributed by atoms with Crippen molar-refractivity contribution < 1.29 is 9.59 Å². The smallest absolute Gasteiger partial charge is 0.251 e. The van der Waals surface area contributed by atoms with Crippen LogP contribution in [0.15, 0.2) is 41.4 Å². The van der Waals surface area contributed by atoms with Crippen molar-refractivity contribution in [1.29, 1.82) is 0 Å². The third kappa shape index (κ3) is 4.64. The topological polar surface area (TPSA) is 123 Å². The maximum atomic E-state index is 12.4. The van der Waals surface area contributed by atoms with Gasteiger partial charge in [-0.3, -0.25) is 14.6 Å². The number of amidine groups is 1. The normalized spacial score (nSPS) is 15.8. The fourth-order valence-electron chi connectivity index (χ4n) is 4.89. The number of fused-ring (bicyclic) bond motifs is 2. The molecule has 7 nitrogen and oxygen atoms in total. The summed E-state index contributed by atoms with van der Waals surface area (Å²) >= 11 is 0. The van der Waals surface area contributed by atoms with Crippen LogP contribution in [0.2, 0.25) is 0 Å². The summed E-state index contributed by atoms with van der Waals surface area (Å²) in [5.41, 5.74) is 17.8. The van der Waals surface area contributed by atoms with Crippen LogP contribution >= 0.6 is 0 Å². The molecule has 2 amide bonds. The Bertz CT molecular complexity index is 1020. The second kappa shape index (κ2) is 9.75. The third-order valence-electron chi connectivity index (χ3n) is 6.23. The van der Waals surface area contributed by atoms with Crippen LogP contribution in [0.3, 0.4) is 0 Å². The minimum Gasteiger partial charge on any atom is -0.386 e. The van der Waals surface area contributed by atoms with Gasteiger partial charge in [-0.05, 0) is 86.6 Å². The molecule has 0 radical (unpaired) electrons. The van der Waals surface area contributed by atoms with E-state index in [1.807, 2.05) is 57.2 Å². The first-order valence-corrected chi connectivity index (χ1v) is 11.4. The number of nitrogens with one attached hydrogen (secondary N) is 2. The molecule has 0 saturated carbocycles. The van der Waals surface area contributed by atoms with Crippen molar-refractivity contribution in [2.45, 2.75) is 57.5 Å². The zero-order chi connectivity index (χ0) is 24.3. The molecule has 0 heterocycles. The molecule has 6 N–H and O–H groups in total. The molecule has 0 saturated heterocycles. The molecule has 1 aliphatic carbocycles. The van der Waals surface area contributed by atoms with Crippen molar-refractivity contribution in [3.05, 3.63) is 69.8 Å². The summed E-state index contributed by atoms with van der Waals surface area (Å²) in [6.45, 7) is 5.95. The lowest BCUT2D eigenvalue weighted by molar-refractivity contribution is 0.0955. The molecule has 0 aromatic heterocycles. The standard InChI is InChI=1S/C26H35N5O2/c1-15(2)31-25(28)26(14-16(3)27)21-10-8-19(23(32)29-4)12-17(21)6-7-18-13-20(24(33)30-5)9-11-22(18)26/h8-13,15-16H,6-7,14,27H2,1-5H3,(H2,28,31)(H,29,32)(H,30,33)/t16-/m1/s1. The summed E-state index contributed by atoms with van der Waals surface area (Å²) in [5, 5.41) is 5.39. The number of aryl methyl sites for hydroxylation is 2. The first kappa shape index (κ1) is 24.5. The first-order valence-electron chi connectivity index (χ1n) is 11.4. The number of nitrogens with zero attached hydrogens (tertiary/aromatic N) is 1. The van der Waals surface area contributed by atoms with Gasteiger partial charge < -0.3 is 22.1 Å². The molecule has 0 fully saturated rings. The summed E-state index contributed by atoms with van der Waals surface area (Å²) < 4.78 is 0. The molecular weight excluding hydrogens is 414 g/mol. The van der Waals surface area contributed by atoms with Crippen LogP contribution < -0.4 is 22.1 Å². The van der Waals surface area contributed by atoms with E-state index in [9.17, 15) is 9.59 Å². The molecule has 33 heavy (non-hydrogen) atoms. The second-order valence-electron chi connectivity index (χ2n) is 9.10. The molecule has 0 aliphatic heterocycles. The molecule has 0 spiro atoms. The van der Waals surface area contributed by atoms with Crippen molar-refractivity contribution in [1.82, 2.24) is 10.6 Å². The molecule has 3 rings (SSSR count). The quantitative estimate of drug-likeness (QED) is 0.399. The first-order chi connectivity index (χ1) is 15.6. The number of nitrogens with two attached hydrogens (primary N) is 2. The highest BCUT2D eigenvalue weighted by atomic mass is 16.2. The van der Waals surface area contributed by atoms with E-state index in [1.165, 1.54) is 0 Å². The fraction of sp³-hybridized carbons (Fsp3) is 0.423. The third-order valence-corrected chi connectivity index (χ3v) is 6.23. The van der Waals surface area contributed by atoms with Gasteiger partial charge in [0.25, 0.3) is 11.8 Å². The van der Waals surface area contributed by atoms with Crippen molar-refractivity contribution in [2.75, 3.05) is 14.1 Å². The van der Waals surface area contributed by atoms with E-state index in [1.54, 1.807) is 14.1 Å². The average Bonchev–Trinajstić information content (AvgIpc) is 2.92. The maximum absolute atomic E-state index is 12.4. The summed E-state index contributed by atoms with van der Waals surface area (Å²) in [7, 11) is 3.25. The van der Waals surface area contributed by atoms with Gasteiger partial charge in [0.2, 0.25) is 0 Å². The largest absolute Gasteiger partial charge is 0.386 e. The molecule has 1 aliphatic rings. The predicted octanol–water partition coefficient (Wildman–Crippen LogP) is 2.29. The Morgan fingerprint density at radius 2 is 1.39 bits per heavy atom. The lowest BCUT2D eigenvalue weighted by Gasteiger charge is -2.38. The van der Waals surface area contributed by atoms with Crippen LogP contribution in [0.5, 0.6) is 0 Å². The number of hydrogen-bond acceptors (Lipinski definition) is 4. The summed E-state index contributed by atoms with van der Waals surface area (Å²) in [5.74, 6) is 0.228. The number of rotatable bonds is 6. The van der Waals surface area contributed by atoms with Crippen LogP contribution in [0, 0.1) is 0 Å². The number of aliphatic imine (C=N–C) groups is 1. The molecule has 0 bridgehead atoms. The molecule has 176 valence electrons. The van der Waals surface area contributed by atoms with Crippen molar-refractivity contribution in [3.63, 3.8) is 0 Å². The van der Waals surface area contributed by atoms with Gasteiger partial charge in [-0.15, -0.1) is 0 Å². The number of hydrogen-bond donors (Lipinski definition) is 4. The van der Waals surface area contributed by atoms with Gasteiger partial charge in [-0.25, -0.2) is 0 Å². The Morgan fingerprint density at radius 1 is 0.939 bits per heavy atom. The van der Waals surface area contributed by atoms with Crippen molar-refractivity contribution >= 4 is 17.6 Å². The van der Waals surface area contributed by atoms with Crippen LogP contribution in [-0.4, -0.2) is 43.8 Å².